The number of hydrogen-bond donors (Lipinski definition) is 4. The van der Waals surface area contributed by atoms with Crippen LogP contribution in [0.2, 0.25) is 0 Å². The van der Waals surface area contributed by atoms with E-state index in [9.17, 15) is 41.5 Å². The highest BCUT2D eigenvalue weighted by Crippen LogP contribution is 2.42. The van der Waals surface area contributed by atoms with E-state index in [0.29, 0.717) is 89.1 Å². The summed E-state index contributed by atoms with van der Waals surface area (Å²) in [5.74, 6) is -0.480. The van der Waals surface area contributed by atoms with Gasteiger partial charge in [-0.2, -0.15) is 21.0 Å². The molecule has 0 spiro atoms. The molecule has 1 aliphatic rings. The average molecular weight is 957 g/mol. The minimum Gasteiger partial charge on any atom is -0.507 e. The smallest absolute Gasteiger partial charge is 0.122 e. The quantitative estimate of drug-likeness (QED) is 0.109. The van der Waals surface area contributed by atoms with Gasteiger partial charge in [-0.3, -0.25) is 0 Å². The highest BCUT2D eigenvalue weighted by Gasteiger charge is 2.24. The van der Waals surface area contributed by atoms with Crippen LogP contribution in [-0.2, 0) is 25.7 Å². The molecule has 0 unspecified atom stereocenters. The Morgan fingerprint density at radius 3 is 0.691 bits per heavy atom. The predicted molar refractivity (Wildman–Crippen MR) is 275 cm³/mol. The molecule has 0 amide bonds. The van der Waals surface area contributed by atoms with E-state index in [4.69, 9.17) is 0 Å². The van der Waals surface area contributed by atoms with Crippen LogP contribution in [0, 0.1) is 45.3 Å². The Balaban J connectivity index is 1.33. The fourth-order valence-corrected chi connectivity index (χ4v) is 11.0. The highest BCUT2D eigenvalue weighted by molar-refractivity contribution is 7.11. The zero-order valence-corrected chi connectivity index (χ0v) is 39.2. The minimum absolute atomic E-state index is 0.0480. The average Bonchev–Trinajstić information content (AvgIpc) is 4.21. The van der Waals surface area contributed by atoms with Crippen molar-refractivity contribution in [1.82, 2.24) is 0 Å². The number of phenolic OH excluding ortho intramolecular Hbond substituents is 4. The first-order valence-electron chi connectivity index (χ1n) is 21.1. The van der Waals surface area contributed by atoms with Crippen LogP contribution in [0.3, 0.4) is 0 Å². The standard InChI is InChI=1S/C56H36N4O4S4/c57-29-45(25-49-5-1-9-65-49)33-13-37-21-39-15-34(46(30-58)26-50-6-2-10-66-50)17-41(54(39)62)23-43-19-36(48(32-60)28-52-8-4-12-68-52)20-44(56(43)64)24-42-18-35(47(31-59)27-51-7-3-11-67-51)16-40(55(42)63)22-38(14-33)53(37)61/h1-20,25-28,61-64H,21-24H2/b45-25+,46-26+,47-27+,48-28+. The normalized spacial score (nSPS) is 13.0. The summed E-state index contributed by atoms with van der Waals surface area (Å²) in [6.07, 6.45) is 6.89. The lowest BCUT2D eigenvalue weighted by molar-refractivity contribution is 0.450. The maximum Gasteiger partial charge on any atom is 0.122 e. The third kappa shape index (κ3) is 9.54. The van der Waals surface area contributed by atoms with Crippen molar-refractivity contribution in [2.24, 2.45) is 0 Å². The number of nitrogens with zero attached hydrogens (tertiary/aromatic N) is 4. The lowest BCUT2D eigenvalue weighted by atomic mass is 9.86. The molecule has 4 heterocycles. The van der Waals surface area contributed by atoms with E-state index >= 15 is 0 Å². The Morgan fingerprint density at radius 2 is 0.544 bits per heavy atom. The molecule has 8 aromatic rings. The summed E-state index contributed by atoms with van der Waals surface area (Å²) in [6.45, 7) is 0. The summed E-state index contributed by atoms with van der Waals surface area (Å²) < 4.78 is 0. The van der Waals surface area contributed by atoms with E-state index in [1.807, 2.05) is 70.1 Å². The molecule has 0 atom stereocenters. The Kier molecular flexibility index (Phi) is 13.0. The third-order valence-corrected chi connectivity index (χ3v) is 14.9. The van der Waals surface area contributed by atoms with Gasteiger partial charge in [-0.1, -0.05) is 24.3 Å². The first kappa shape index (κ1) is 45.0. The van der Waals surface area contributed by atoms with E-state index in [-0.39, 0.29) is 48.7 Å². The molecule has 8 nitrogen and oxygen atoms in total. The van der Waals surface area contributed by atoms with Crippen molar-refractivity contribution in [1.29, 1.82) is 21.0 Å². The van der Waals surface area contributed by atoms with Gasteiger partial charge in [0.2, 0.25) is 0 Å². The molecule has 4 N–H and O–H groups in total. The maximum atomic E-state index is 12.3. The molecule has 8 bridgehead atoms. The Morgan fingerprint density at radius 1 is 0.353 bits per heavy atom. The van der Waals surface area contributed by atoms with E-state index in [0.717, 1.165) is 19.5 Å². The lowest BCUT2D eigenvalue weighted by Gasteiger charge is -2.20. The van der Waals surface area contributed by atoms with Crippen molar-refractivity contribution < 1.29 is 20.4 Å². The van der Waals surface area contributed by atoms with E-state index in [1.54, 1.807) is 72.8 Å². The summed E-state index contributed by atoms with van der Waals surface area (Å²) in [6, 6.07) is 38.2. The number of aromatic hydroxyl groups is 4. The number of fused-ring (bicyclic) bond motifs is 8. The first-order chi connectivity index (χ1) is 33.1. The van der Waals surface area contributed by atoms with Gasteiger partial charge in [-0.15, -0.1) is 45.3 Å². The topological polar surface area (TPSA) is 176 Å². The maximum absolute atomic E-state index is 12.3. The Bertz CT molecular complexity index is 2970. The van der Waals surface area contributed by atoms with Crippen LogP contribution >= 0.6 is 45.3 Å². The number of phenols is 4. The van der Waals surface area contributed by atoms with Crippen LogP contribution in [0.1, 0.15) is 86.3 Å². The largest absolute Gasteiger partial charge is 0.507 e. The van der Waals surface area contributed by atoms with Gasteiger partial charge in [0.05, 0.1) is 46.6 Å². The first-order valence-corrected chi connectivity index (χ1v) is 24.6. The molecule has 4 aromatic carbocycles. The molecule has 0 radical (unpaired) electrons. The van der Waals surface area contributed by atoms with Crippen LogP contribution in [0.15, 0.2) is 119 Å². The van der Waals surface area contributed by atoms with Crippen LogP contribution < -0.4 is 0 Å². The predicted octanol–water partition coefficient (Wildman–Crippen LogP) is 13.7. The zero-order chi connectivity index (χ0) is 47.3. The molecule has 4 aromatic heterocycles. The van der Waals surface area contributed by atoms with Gasteiger partial charge in [0, 0.05) is 45.2 Å². The van der Waals surface area contributed by atoms with E-state index in [2.05, 4.69) is 24.3 Å². The molecule has 328 valence electrons. The molecule has 9 rings (SSSR count). The van der Waals surface area contributed by atoms with Gasteiger partial charge in [0.1, 0.15) is 23.0 Å². The van der Waals surface area contributed by atoms with Gasteiger partial charge in [0.15, 0.2) is 0 Å². The summed E-state index contributed by atoms with van der Waals surface area (Å²) >= 11 is 5.88. The van der Waals surface area contributed by atoms with Crippen molar-refractivity contribution in [2.75, 3.05) is 0 Å². The van der Waals surface area contributed by atoms with Gasteiger partial charge in [0.25, 0.3) is 0 Å². The van der Waals surface area contributed by atoms with Crippen molar-refractivity contribution in [3.63, 3.8) is 0 Å². The molecule has 0 saturated heterocycles. The number of allylic oxidation sites excluding steroid dienone is 4. The van der Waals surface area contributed by atoms with Crippen LogP contribution in [-0.4, -0.2) is 20.4 Å². The van der Waals surface area contributed by atoms with Gasteiger partial charge in [-0.05, 0) is 185 Å². The van der Waals surface area contributed by atoms with Crippen molar-refractivity contribution in [3.05, 3.63) is 205 Å². The Hall–Kier alpha value is -8.20. The van der Waals surface area contributed by atoms with Crippen molar-refractivity contribution in [2.45, 2.75) is 25.7 Å². The molecule has 0 saturated carbocycles. The number of rotatable bonds is 8. The van der Waals surface area contributed by atoms with Gasteiger partial charge < -0.3 is 20.4 Å². The fourth-order valence-electron chi connectivity index (χ4n) is 8.34. The van der Waals surface area contributed by atoms with Crippen molar-refractivity contribution >= 4 is 91.9 Å². The summed E-state index contributed by atoms with van der Waals surface area (Å²) in [5.41, 5.74) is 6.24. The summed E-state index contributed by atoms with van der Waals surface area (Å²) in [7, 11) is 0. The minimum atomic E-state index is -0.120. The van der Waals surface area contributed by atoms with Gasteiger partial charge in [-0.25, -0.2) is 0 Å². The van der Waals surface area contributed by atoms with Crippen LogP contribution in [0.25, 0.3) is 46.6 Å². The number of benzene rings is 4. The van der Waals surface area contributed by atoms with E-state index in [1.165, 1.54) is 45.3 Å². The summed E-state index contributed by atoms with van der Waals surface area (Å²) in [5, 5.41) is 99.2. The number of nitriles is 4. The van der Waals surface area contributed by atoms with Crippen molar-refractivity contribution in [3.8, 4) is 47.3 Å². The molecule has 12 heteroatoms. The number of thiophene rings is 4. The molecule has 0 aliphatic heterocycles. The molecule has 0 fully saturated rings. The second kappa shape index (κ2) is 19.7. The molecule has 1 aliphatic carbocycles. The van der Waals surface area contributed by atoms with Gasteiger partial charge >= 0.3 is 0 Å². The summed E-state index contributed by atoms with van der Waals surface area (Å²) in [4.78, 5) is 3.38. The molecular formula is C56H36N4O4S4. The van der Waals surface area contributed by atoms with Crippen LogP contribution in [0.5, 0.6) is 23.0 Å². The van der Waals surface area contributed by atoms with Crippen LogP contribution in [0.4, 0.5) is 0 Å². The highest BCUT2D eigenvalue weighted by atomic mass is 32.1. The fraction of sp³-hybridized carbons (Fsp3) is 0.0714. The van der Waals surface area contributed by atoms with E-state index < -0.39 is 0 Å². The third-order valence-electron chi connectivity index (χ3n) is 11.6. The monoisotopic (exact) mass is 956 g/mol. The second-order valence-corrected chi connectivity index (χ2v) is 19.9. The lowest BCUT2D eigenvalue weighted by Crippen LogP contribution is -2.04. The SMILES string of the molecule is N#C/C(=C\c1cccs1)c1cc2c(O)c(c1)Cc1cc(/C(C#N)=C/c3cccs3)cc(c1O)Cc1cc(/C(C#N)=C/c3cccs3)cc(c1O)Cc1cc(/C(C#N)=C/c3cccs3)cc(c1O)C2. The zero-order valence-electron chi connectivity index (χ0n) is 35.9. The second-order valence-electron chi connectivity index (χ2n) is 16.0. The molecule has 68 heavy (non-hydrogen) atoms. The molecular weight excluding hydrogens is 921 g/mol. The number of hydrogen-bond acceptors (Lipinski definition) is 12. The Labute approximate surface area is 408 Å².